The molecular formula is C22H17NO2. The van der Waals surface area contributed by atoms with E-state index in [1.807, 2.05) is 91.0 Å². The van der Waals surface area contributed by atoms with E-state index in [1.165, 1.54) is 6.39 Å². The van der Waals surface area contributed by atoms with Crippen molar-refractivity contribution in [2.75, 3.05) is 0 Å². The molecule has 0 atom stereocenters. The molecule has 25 heavy (non-hydrogen) atoms. The van der Waals surface area contributed by atoms with Gasteiger partial charge >= 0.3 is 0 Å². The van der Waals surface area contributed by atoms with E-state index in [0.717, 1.165) is 22.2 Å². The van der Waals surface area contributed by atoms with Gasteiger partial charge in [-0.15, -0.1) is 0 Å². The number of benzene rings is 3. The molecule has 1 aromatic heterocycles. The molecule has 0 aliphatic rings. The molecule has 0 spiro atoms. The number of aromatic nitrogens is 1. The quantitative estimate of drug-likeness (QED) is 0.373. The van der Waals surface area contributed by atoms with Crippen LogP contribution < -0.4 is 0 Å². The molecule has 0 N–H and O–H groups in total. The molecule has 3 aromatic carbocycles. The Kier molecular flexibility index (Phi) is 5.52. The van der Waals surface area contributed by atoms with E-state index in [4.69, 9.17) is 4.42 Å². The lowest BCUT2D eigenvalue weighted by Gasteiger charge is -1.94. The van der Waals surface area contributed by atoms with Gasteiger partial charge < -0.3 is 4.42 Å². The van der Waals surface area contributed by atoms with E-state index in [-0.39, 0.29) is 5.78 Å². The Morgan fingerprint density at radius 2 is 1.44 bits per heavy atom. The highest BCUT2D eigenvalue weighted by atomic mass is 16.3. The molecule has 0 fully saturated rings. The van der Waals surface area contributed by atoms with Gasteiger partial charge in [0.2, 0.25) is 0 Å². The Hall–Kier alpha value is -3.46. The van der Waals surface area contributed by atoms with E-state index in [9.17, 15) is 4.79 Å². The number of carbonyl (C=O) groups is 1. The van der Waals surface area contributed by atoms with Crippen molar-refractivity contribution >= 4 is 23.0 Å². The number of carbonyl (C=O) groups excluding carboxylic acids is 1. The second kappa shape index (κ2) is 8.41. The highest BCUT2D eigenvalue weighted by molar-refractivity contribution is 6.06. The van der Waals surface area contributed by atoms with Gasteiger partial charge in [-0.05, 0) is 23.8 Å². The predicted octanol–water partition coefficient (Wildman–Crippen LogP) is 5.41. The van der Waals surface area contributed by atoms with Gasteiger partial charge in [-0.2, -0.15) is 0 Å². The topological polar surface area (TPSA) is 43.1 Å². The highest BCUT2D eigenvalue weighted by Crippen LogP contribution is 2.09. The van der Waals surface area contributed by atoms with Crippen molar-refractivity contribution in [2.24, 2.45) is 0 Å². The maximum absolute atomic E-state index is 11.7. The Labute approximate surface area is 146 Å². The van der Waals surface area contributed by atoms with Crippen molar-refractivity contribution in [3.63, 3.8) is 0 Å². The van der Waals surface area contributed by atoms with E-state index in [0.29, 0.717) is 0 Å². The summed E-state index contributed by atoms with van der Waals surface area (Å²) in [7, 11) is 0. The first-order chi connectivity index (χ1) is 12.3. The van der Waals surface area contributed by atoms with Gasteiger partial charge in [0.1, 0.15) is 5.52 Å². The molecule has 0 aliphatic carbocycles. The average molecular weight is 327 g/mol. The predicted molar refractivity (Wildman–Crippen MR) is 100 cm³/mol. The van der Waals surface area contributed by atoms with Gasteiger partial charge in [0.05, 0.1) is 0 Å². The third-order valence-corrected chi connectivity index (χ3v) is 3.52. The molecule has 3 nitrogen and oxygen atoms in total. The Balaban J connectivity index is 0.000000170. The van der Waals surface area contributed by atoms with Crippen LogP contribution in [0.15, 0.2) is 102 Å². The van der Waals surface area contributed by atoms with Crippen LogP contribution in [0.2, 0.25) is 0 Å². The van der Waals surface area contributed by atoms with Gasteiger partial charge in [-0.1, -0.05) is 78.9 Å². The fourth-order valence-electron chi connectivity index (χ4n) is 2.24. The summed E-state index contributed by atoms with van der Waals surface area (Å²) in [5.74, 6) is 0.0319. The first kappa shape index (κ1) is 16.4. The van der Waals surface area contributed by atoms with Crippen LogP contribution in [0.4, 0.5) is 0 Å². The van der Waals surface area contributed by atoms with Crippen LogP contribution in [0.5, 0.6) is 0 Å². The minimum atomic E-state index is 0.0319. The second-order valence-corrected chi connectivity index (χ2v) is 5.29. The summed E-state index contributed by atoms with van der Waals surface area (Å²) in [6.45, 7) is 0. The van der Waals surface area contributed by atoms with Gasteiger partial charge in [0.15, 0.2) is 17.8 Å². The highest BCUT2D eigenvalue weighted by Gasteiger charge is 1.98. The molecule has 0 saturated carbocycles. The van der Waals surface area contributed by atoms with Crippen LogP contribution in [0.1, 0.15) is 15.9 Å². The van der Waals surface area contributed by atoms with Crippen molar-refractivity contribution in [3.8, 4) is 0 Å². The molecule has 0 saturated heterocycles. The number of fused-ring (bicyclic) bond motifs is 1. The third-order valence-electron chi connectivity index (χ3n) is 3.52. The minimum Gasteiger partial charge on any atom is -0.443 e. The van der Waals surface area contributed by atoms with Crippen LogP contribution in [-0.4, -0.2) is 10.8 Å². The van der Waals surface area contributed by atoms with Crippen molar-refractivity contribution in [1.29, 1.82) is 0 Å². The number of rotatable bonds is 3. The molecule has 1 heterocycles. The largest absolute Gasteiger partial charge is 0.443 e. The lowest BCUT2D eigenvalue weighted by atomic mass is 10.1. The Morgan fingerprint density at radius 3 is 2.16 bits per heavy atom. The molecule has 4 rings (SSSR count). The molecule has 0 bridgehead atoms. The van der Waals surface area contributed by atoms with Crippen molar-refractivity contribution in [1.82, 2.24) is 4.98 Å². The molecule has 0 unspecified atom stereocenters. The lowest BCUT2D eigenvalue weighted by Crippen LogP contribution is -1.92. The number of hydrogen-bond acceptors (Lipinski definition) is 3. The SMILES string of the molecule is O=C(C=Cc1ccccc1)c1ccccc1.c1ccc2ocnc2c1. The second-order valence-electron chi connectivity index (χ2n) is 5.29. The summed E-state index contributed by atoms with van der Waals surface area (Å²) in [4.78, 5) is 15.7. The summed E-state index contributed by atoms with van der Waals surface area (Å²) >= 11 is 0. The first-order valence-electron chi connectivity index (χ1n) is 7.94. The smallest absolute Gasteiger partial charge is 0.185 e. The first-order valence-corrected chi connectivity index (χ1v) is 7.94. The fraction of sp³-hybridized carbons (Fsp3) is 0. The van der Waals surface area contributed by atoms with Crippen LogP contribution in [-0.2, 0) is 0 Å². The number of hydrogen-bond donors (Lipinski definition) is 0. The molecule has 0 aliphatic heterocycles. The van der Waals surface area contributed by atoms with Gasteiger partial charge in [0.25, 0.3) is 0 Å². The molecule has 0 radical (unpaired) electrons. The average Bonchev–Trinajstić information content (AvgIpc) is 3.17. The number of ketones is 1. The van der Waals surface area contributed by atoms with Gasteiger partial charge in [-0.25, -0.2) is 4.98 Å². The summed E-state index contributed by atoms with van der Waals surface area (Å²) in [5, 5.41) is 0. The zero-order valence-corrected chi connectivity index (χ0v) is 13.6. The Bertz CT molecular complexity index is 927. The van der Waals surface area contributed by atoms with E-state index < -0.39 is 0 Å². The molecule has 122 valence electrons. The molecular weight excluding hydrogens is 310 g/mol. The third kappa shape index (κ3) is 4.75. The standard InChI is InChI=1S/C15H12O.C7H5NO/c16-15(14-9-5-2-6-10-14)12-11-13-7-3-1-4-8-13;1-2-4-7-6(3-1)8-5-9-7/h1-12H;1-5H. The fourth-order valence-corrected chi connectivity index (χ4v) is 2.24. The number of oxazole rings is 1. The number of para-hydroxylation sites is 2. The zero-order valence-electron chi connectivity index (χ0n) is 13.6. The van der Waals surface area contributed by atoms with Gasteiger partial charge in [-0.3, -0.25) is 4.79 Å². The van der Waals surface area contributed by atoms with Gasteiger partial charge in [0, 0.05) is 5.56 Å². The summed E-state index contributed by atoms with van der Waals surface area (Å²) in [6, 6.07) is 26.7. The van der Waals surface area contributed by atoms with E-state index >= 15 is 0 Å². The Morgan fingerprint density at radius 1 is 0.800 bits per heavy atom. The molecule has 4 aromatic rings. The summed E-state index contributed by atoms with van der Waals surface area (Å²) in [6.07, 6.45) is 4.88. The number of allylic oxidation sites excluding steroid dienone is 1. The maximum atomic E-state index is 11.7. The van der Waals surface area contributed by atoms with Crippen molar-refractivity contribution in [2.45, 2.75) is 0 Å². The monoisotopic (exact) mass is 327 g/mol. The summed E-state index contributed by atoms with van der Waals surface area (Å²) in [5.41, 5.74) is 3.51. The van der Waals surface area contributed by atoms with Crippen LogP contribution >= 0.6 is 0 Å². The van der Waals surface area contributed by atoms with Crippen LogP contribution in [0.3, 0.4) is 0 Å². The normalized spacial score (nSPS) is 10.4. The van der Waals surface area contributed by atoms with Crippen LogP contribution in [0, 0.1) is 0 Å². The maximum Gasteiger partial charge on any atom is 0.185 e. The minimum absolute atomic E-state index is 0.0319. The van der Waals surface area contributed by atoms with Crippen molar-refractivity contribution in [3.05, 3.63) is 109 Å². The number of nitrogens with zero attached hydrogens (tertiary/aromatic N) is 1. The van der Waals surface area contributed by atoms with Crippen LogP contribution in [0.25, 0.3) is 17.2 Å². The summed E-state index contributed by atoms with van der Waals surface area (Å²) < 4.78 is 5.01. The lowest BCUT2D eigenvalue weighted by molar-refractivity contribution is 0.104. The molecule has 0 amide bonds. The molecule has 3 heteroatoms. The van der Waals surface area contributed by atoms with E-state index in [2.05, 4.69) is 4.98 Å². The zero-order chi connectivity index (χ0) is 17.3. The van der Waals surface area contributed by atoms with E-state index in [1.54, 1.807) is 6.08 Å². The van der Waals surface area contributed by atoms with Crippen molar-refractivity contribution < 1.29 is 9.21 Å².